The Kier molecular flexibility index (Phi) is 4.60. The molecular weight excluding hydrogens is 258 g/mol. The van der Waals surface area contributed by atoms with Gasteiger partial charge in [0.1, 0.15) is 23.6 Å². The summed E-state index contributed by atoms with van der Waals surface area (Å²) in [5, 5.41) is 3.20. The smallest absolute Gasteiger partial charge is 0.218 e. The van der Waals surface area contributed by atoms with Gasteiger partial charge in [-0.1, -0.05) is 0 Å². The van der Waals surface area contributed by atoms with Gasteiger partial charge in [0.25, 0.3) is 0 Å². The Morgan fingerprint density at radius 1 is 1.00 bits per heavy atom. The Morgan fingerprint density at radius 3 is 2.55 bits per heavy atom. The van der Waals surface area contributed by atoms with Crippen LogP contribution < -0.4 is 19.5 Å². The molecule has 6 nitrogen and oxygen atoms in total. The van der Waals surface area contributed by atoms with Crippen molar-refractivity contribution < 1.29 is 14.2 Å². The molecular formula is C14H17N3O3. The maximum Gasteiger partial charge on any atom is 0.218 e. The van der Waals surface area contributed by atoms with E-state index in [-0.39, 0.29) is 0 Å². The fraction of sp³-hybridized carbons (Fsp3) is 0.286. The normalized spacial score (nSPS) is 9.95. The molecule has 2 rings (SSSR count). The van der Waals surface area contributed by atoms with Gasteiger partial charge in [-0.15, -0.1) is 0 Å². The molecule has 0 amide bonds. The van der Waals surface area contributed by atoms with E-state index in [2.05, 4.69) is 15.3 Å². The molecule has 0 radical (unpaired) electrons. The van der Waals surface area contributed by atoms with Gasteiger partial charge in [0.2, 0.25) is 5.88 Å². The zero-order valence-corrected chi connectivity index (χ0v) is 11.7. The summed E-state index contributed by atoms with van der Waals surface area (Å²) in [6.07, 6.45) is 1.45. The molecule has 0 saturated heterocycles. The summed E-state index contributed by atoms with van der Waals surface area (Å²) in [5.41, 5.74) is 1.01. The first-order valence-corrected chi connectivity index (χ1v) is 6.07. The zero-order valence-electron chi connectivity index (χ0n) is 11.7. The minimum atomic E-state index is 0.518. The highest BCUT2D eigenvalue weighted by molar-refractivity contribution is 5.44. The van der Waals surface area contributed by atoms with Crippen molar-refractivity contribution in [2.45, 2.75) is 6.54 Å². The van der Waals surface area contributed by atoms with E-state index in [1.54, 1.807) is 27.4 Å². The fourth-order valence-electron chi connectivity index (χ4n) is 1.73. The SMILES string of the molecule is COc1ccc(CNc2cc(OC)ncn2)c(OC)c1. The molecule has 0 saturated carbocycles. The molecule has 0 spiro atoms. The van der Waals surface area contributed by atoms with Crippen LogP contribution in [0.25, 0.3) is 0 Å². The summed E-state index contributed by atoms with van der Waals surface area (Å²) >= 11 is 0. The third-order valence-corrected chi connectivity index (χ3v) is 2.81. The predicted molar refractivity (Wildman–Crippen MR) is 75.5 cm³/mol. The second-order valence-electron chi connectivity index (χ2n) is 3.98. The molecule has 2 aromatic rings. The van der Waals surface area contributed by atoms with Crippen molar-refractivity contribution in [1.29, 1.82) is 0 Å². The minimum Gasteiger partial charge on any atom is -0.497 e. The van der Waals surface area contributed by atoms with Crippen molar-refractivity contribution in [3.63, 3.8) is 0 Å². The van der Waals surface area contributed by atoms with Crippen LogP contribution in [0.5, 0.6) is 17.4 Å². The molecule has 0 fully saturated rings. The molecule has 6 heteroatoms. The average molecular weight is 275 g/mol. The lowest BCUT2D eigenvalue weighted by molar-refractivity contribution is 0.391. The molecule has 0 bridgehead atoms. The predicted octanol–water partition coefficient (Wildman–Crippen LogP) is 2.11. The number of anilines is 1. The molecule has 1 aromatic heterocycles. The standard InChI is InChI=1S/C14H17N3O3/c1-18-11-5-4-10(12(6-11)19-2)8-15-13-7-14(20-3)17-9-16-13/h4-7,9H,8H2,1-3H3,(H,15,16,17). The fourth-order valence-corrected chi connectivity index (χ4v) is 1.73. The summed E-state index contributed by atoms with van der Waals surface area (Å²) < 4.78 is 15.6. The lowest BCUT2D eigenvalue weighted by atomic mass is 10.2. The summed E-state index contributed by atoms with van der Waals surface area (Å²) in [4.78, 5) is 8.08. The van der Waals surface area contributed by atoms with E-state index in [0.29, 0.717) is 18.2 Å². The van der Waals surface area contributed by atoms with Gasteiger partial charge in [-0.2, -0.15) is 0 Å². The van der Waals surface area contributed by atoms with Gasteiger partial charge in [-0.3, -0.25) is 0 Å². The highest BCUT2D eigenvalue weighted by Crippen LogP contribution is 2.25. The molecule has 20 heavy (non-hydrogen) atoms. The largest absolute Gasteiger partial charge is 0.497 e. The van der Waals surface area contributed by atoms with E-state index in [9.17, 15) is 0 Å². The number of nitrogens with one attached hydrogen (secondary N) is 1. The van der Waals surface area contributed by atoms with Crippen LogP contribution >= 0.6 is 0 Å². The van der Waals surface area contributed by atoms with Crippen LogP contribution in [-0.2, 0) is 6.54 Å². The number of benzene rings is 1. The lowest BCUT2D eigenvalue weighted by Crippen LogP contribution is -2.04. The number of nitrogens with zero attached hydrogens (tertiary/aromatic N) is 2. The number of hydrogen-bond donors (Lipinski definition) is 1. The van der Waals surface area contributed by atoms with Gasteiger partial charge in [-0.05, 0) is 12.1 Å². The van der Waals surface area contributed by atoms with Gasteiger partial charge in [-0.25, -0.2) is 9.97 Å². The summed E-state index contributed by atoms with van der Waals surface area (Å²) in [6, 6.07) is 7.41. The average Bonchev–Trinajstić information content (AvgIpc) is 2.52. The number of aromatic nitrogens is 2. The monoisotopic (exact) mass is 275 g/mol. The first-order chi connectivity index (χ1) is 9.76. The van der Waals surface area contributed by atoms with Crippen LogP contribution in [0.1, 0.15) is 5.56 Å². The van der Waals surface area contributed by atoms with Gasteiger partial charge < -0.3 is 19.5 Å². The minimum absolute atomic E-state index is 0.518. The van der Waals surface area contributed by atoms with Crippen molar-refractivity contribution in [1.82, 2.24) is 9.97 Å². The number of ether oxygens (including phenoxy) is 3. The first kappa shape index (κ1) is 13.9. The van der Waals surface area contributed by atoms with Crippen LogP contribution in [0.15, 0.2) is 30.6 Å². The Labute approximate surface area is 117 Å². The van der Waals surface area contributed by atoms with Crippen LogP contribution in [0.4, 0.5) is 5.82 Å². The van der Waals surface area contributed by atoms with Crippen molar-refractivity contribution in [3.8, 4) is 17.4 Å². The van der Waals surface area contributed by atoms with Crippen LogP contribution in [0.3, 0.4) is 0 Å². The second-order valence-corrected chi connectivity index (χ2v) is 3.98. The highest BCUT2D eigenvalue weighted by Gasteiger charge is 2.05. The lowest BCUT2D eigenvalue weighted by Gasteiger charge is -2.11. The molecule has 1 aromatic carbocycles. The third kappa shape index (κ3) is 3.28. The van der Waals surface area contributed by atoms with Crippen LogP contribution in [0, 0.1) is 0 Å². The summed E-state index contributed by atoms with van der Waals surface area (Å²) in [7, 11) is 4.82. The van der Waals surface area contributed by atoms with Gasteiger partial charge in [0.15, 0.2) is 0 Å². The topological polar surface area (TPSA) is 65.5 Å². The van der Waals surface area contributed by atoms with E-state index in [1.807, 2.05) is 18.2 Å². The molecule has 106 valence electrons. The maximum atomic E-state index is 5.34. The van der Waals surface area contributed by atoms with E-state index in [4.69, 9.17) is 14.2 Å². The second kappa shape index (κ2) is 6.60. The van der Waals surface area contributed by atoms with E-state index in [0.717, 1.165) is 17.1 Å². The summed E-state index contributed by atoms with van der Waals surface area (Å²) in [6.45, 7) is 0.577. The van der Waals surface area contributed by atoms with Crippen LogP contribution in [-0.4, -0.2) is 31.3 Å². The molecule has 0 unspecified atom stereocenters. The first-order valence-electron chi connectivity index (χ1n) is 6.07. The quantitative estimate of drug-likeness (QED) is 0.871. The van der Waals surface area contributed by atoms with Crippen molar-refractivity contribution in [2.75, 3.05) is 26.6 Å². The molecule has 1 heterocycles. The molecule has 0 aliphatic carbocycles. The van der Waals surface area contributed by atoms with Crippen LogP contribution in [0.2, 0.25) is 0 Å². The van der Waals surface area contributed by atoms with Crippen molar-refractivity contribution >= 4 is 5.82 Å². The molecule has 0 aliphatic rings. The Bertz CT molecular complexity index is 575. The van der Waals surface area contributed by atoms with E-state index < -0.39 is 0 Å². The van der Waals surface area contributed by atoms with Crippen molar-refractivity contribution in [3.05, 3.63) is 36.2 Å². The van der Waals surface area contributed by atoms with Gasteiger partial charge >= 0.3 is 0 Å². The Hall–Kier alpha value is -2.50. The van der Waals surface area contributed by atoms with E-state index >= 15 is 0 Å². The van der Waals surface area contributed by atoms with E-state index in [1.165, 1.54) is 6.33 Å². The Morgan fingerprint density at radius 2 is 1.85 bits per heavy atom. The van der Waals surface area contributed by atoms with Crippen molar-refractivity contribution in [2.24, 2.45) is 0 Å². The third-order valence-electron chi connectivity index (χ3n) is 2.81. The summed E-state index contributed by atoms with van der Waals surface area (Å²) in [5.74, 6) is 2.73. The number of hydrogen-bond acceptors (Lipinski definition) is 6. The zero-order chi connectivity index (χ0) is 14.4. The molecule has 0 atom stereocenters. The molecule has 1 N–H and O–H groups in total. The Balaban J connectivity index is 2.10. The molecule has 0 aliphatic heterocycles. The van der Waals surface area contributed by atoms with Gasteiger partial charge in [0.05, 0.1) is 21.3 Å². The van der Waals surface area contributed by atoms with Gasteiger partial charge in [0, 0.05) is 24.2 Å². The highest BCUT2D eigenvalue weighted by atomic mass is 16.5. The maximum absolute atomic E-state index is 5.34. The number of rotatable bonds is 6. The number of methoxy groups -OCH3 is 3.